The third-order valence-electron chi connectivity index (χ3n) is 1.81. The van der Waals surface area contributed by atoms with Gasteiger partial charge < -0.3 is 17.0 Å². The van der Waals surface area contributed by atoms with E-state index in [4.69, 9.17) is 0 Å². The van der Waals surface area contributed by atoms with Crippen molar-refractivity contribution in [2.45, 2.75) is 0 Å². The van der Waals surface area contributed by atoms with Crippen molar-refractivity contribution < 1.29 is 35.3 Å². The van der Waals surface area contributed by atoms with Crippen molar-refractivity contribution >= 4 is 14.9 Å². The molecule has 0 heterocycles. The second-order valence-corrected chi connectivity index (χ2v) is 4.39. The Hall–Kier alpha value is -0.197. The van der Waals surface area contributed by atoms with E-state index < -0.39 is 0 Å². The first kappa shape index (κ1) is 9.89. The van der Waals surface area contributed by atoms with E-state index in [1.54, 1.807) is 0 Å². The average Bonchev–Trinajstić information content (AvgIpc) is 2.04. The molecule has 0 aliphatic heterocycles. The van der Waals surface area contributed by atoms with E-state index in [1.165, 1.54) is 33.2 Å². The molecule has 56 valence electrons. The molecule has 2 heteroatoms. The van der Waals surface area contributed by atoms with Crippen LogP contribution in [0.25, 0.3) is 10.8 Å². The molecular weight excluding hydrogens is 265 g/mol. The summed E-state index contributed by atoms with van der Waals surface area (Å²) in [4.78, 5) is 0. The topological polar surface area (TPSA) is 0 Å². The number of fused-ring (bicyclic) bond motifs is 1. The molecule has 12 heavy (non-hydrogen) atoms. The normalized spacial score (nSPS) is 9.50. The third-order valence-corrected chi connectivity index (χ3v) is 2.74. The van der Waals surface area contributed by atoms with Crippen molar-refractivity contribution in [2.75, 3.05) is 0 Å². The molecule has 0 nitrogen and oxygen atoms in total. The summed E-state index contributed by atoms with van der Waals surface area (Å²) in [6.45, 7) is 0. The van der Waals surface area contributed by atoms with Gasteiger partial charge >= 0.3 is 75.7 Å². The predicted molar refractivity (Wildman–Crippen MR) is 43.6 cm³/mol. The van der Waals surface area contributed by atoms with E-state index in [1.807, 2.05) is 0 Å². The van der Waals surface area contributed by atoms with Gasteiger partial charge in [-0.1, -0.05) is 0 Å². The van der Waals surface area contributed by atoms with E-state index in [0.717, 1.165) is 0 Å². The predicted octanol–water partition coefficient (Wildman–Crippen LogP) is -0.984. The molecule has 0 unspecified atom stereocenters. The van der Waals surface area contributed by atoms with E-state index >= 15 is 0 Å². The van der Waals surface area contributed by atoms with Gasteiger partial charge in [0.2, 0.25) is 0 Å². The molecule has 0 bridgehead atoms. The van der Waals surface area contributed by atoms with Crippen molar-refractivity contribution in [3.05, 3.63) is 42.5 Å². The summed E-state index contributed by atoms with van der Waals surface area (Å²) in [5, 5.41) is 2.70. The van der Waals surface area contributed by atoms with Crippen LogP contribution in [0.15, 0.2) is 42.5 Å². The molecule has 0 atom stereocenters. The summed E-state index contributed by atoms with van der Waals surface area (Å²) >= 11 is 1.24. The first-order valence-corrected chi connectivity index (χ1v) is 5.15. The maximum atomic E-state index is 2.26. The summed E-state index contributed by atoms with van der Waals surface area (Å²) in [6.07, 6.45) is 0. The molecule has 0 fully saturated rings. The third kappa shape index (κ3) is 1.94. The summed E-state index contributed by atoms with van der Waals surface area (Å²) in [5.74, 6) is 0. The molecule has 0 amide bonds. The minimum absolute atomic E-state index is 0. The Bertz CT molecular complexity index is 384. The molecular formula is C10H7BrZn. The van der Waals surface area contributed by atoms with Crippen molar-refractivity contribution in [3.63, 3.8) is 0 Å². The SMILES string of the molecule is [Br-].[Zn+][c]1ccc2ccccc2c1. The zero-order valence-electron chi connectivity index (χ0n) is 6.63. The Labute approximate surface area is 92.4 Å². The van der Waals surface area contributed by atoms with Gasteiger partial charge in [-0.15, -0.1) is 0 Å². The fraction of sp³-hybridized carbons (Fsp3) is 0. The Balaban J connectivity index is 0.000000720. The van der Waals surface area contributed by atoms with E-state index in [0.29, 0.717) is 0 Å². The Morgan fingerprint density at radius 1 is 0.833 bits per heavy atom. The first-order valence-electron chi connectivity index (χ1n) is 3.67. The Kier molecular flexibility index (Phi) is 3.43. The van der Waals surface area contributed by atoms with Gasteiger partial charge in [0.15, 0.2) is 0 Å². The zero-order chi connectivity index (χ0) is 7.68. The summed E-state index contributed by atoms with van der Waals surface area (Å²) in [5.41, 5.74) is 0. The Morgan fingerprint density at radius 2 is 1.50 bits per heavy atom. The van der Waals surface area contributed by atoms with Crippen LogP contribution in [0, 0.1) is 0 Å². The van der Waals surface area contributed by atoms with Crippen molar-refractivity contribution in [1.82, 2.24) is 0 Å². The quantitative estimate of drug-likeness (QED) is 0.541. The van der Waals surface area contributed by atoms with Gasteiger partial charge in [-0.25, -0.2) is 0 Å². The second kappa shape index (κ2) is 4.16. The van der Waals surface area contributed by atoms with Gasteiger partial charge in [-0.3, -0.25) is 0 Å². The number of halogens is 1. The van der Waals surface area contributed by atoms with Crippen LogP contribution in [0.2, 0.25) is 0 Å². The van der Waals surface area contributed by atoms with Gasteiger partial charge in [-0.2, -0.15) is 0 Å². The van der Waals surface area contributed by atoms with Crippen molar-refractivity contribution in [1.29, 1.82) is 0 Å². The van der Waals surface area contributed by atoms with Gasteiger partial charge in [-0.05, 0) is 0 Å². The number of rotatable bonds is 0. The summed E-state index contributed by atoms with van der Waals surface area (Å²) in [6, 6.07) is 15.1. The molecule has 0 saturated carbocycles. The van der Waals surface area contributed by atoms with E-state index in [9.17, 15) is 0 Å². The molecule has 2 aromatic rings. The van der Waals surface area contributed by atoms with Crippen LogP contribution in [0.4, 0.5) is 0 Å². The molecule has 0 aromatic heterocycles. The monoisotopic (exact) mass is 270 g/mol. The van der Waals surface area contributed by atoms with E-state index in [-0.39, 0.29) is 17.0 Å². The molecule has 0 saturated heterocycles. The maximum absolute atomic E-state index is 2.26. The molecule has 0 spiro atoms. The fourth-order valence-corrected chi connectivity index (χ4v) is 1.95. The van der Waals surface area contributed by atoms with Crippen LogP contribution in [-0.2, 0) is 18.3 Å². The molecule has 0 aliphatic rings. The average molecular weight is 272 g/mol. The van der Waals surface area contributed by atoms with Crippen molar-refractivity contribution in [2.24, 2.45) is 0 Å². The molecule has 2 aromatic carbocycles. The number of hydrogen-bond donors (Lipinski definition) is 0. The van der Waals surface area contributed by atoms with Gasteiger partial charge in [0.1, 0.15) is 0 Å². The van der Waals surface area contributed by atoms with Crippen LogP contribution in [0.3, 0.4) is 0 Å². The van der Waals surface area contributed by atoms with E-state index in [2.05, 4.69) is 42.5 Å². The summed E-state index contributed by atoms with van der Waals surface area (Å²) < 4.78 is 1.45. The summed E-state index contributed by atoms with van der Waals surface area (Å²) in [7, 11) is 0. The number of benzene rings is 2. The minimum atomic E-state index is 0. The van der Waals surface area contributed by atoms with Crippen LogP contribution in [0.1, 0.15) is 0 Å². The standard InChI is InChI=1S/C10H7.BrH.Zn/c1-2-6-10-8-4-3-7-9(10)5-1;;/h1-3,5-8H;1H;/q;;+1/p-1. The molecule has 0 N–H and O–H groups in total. The first-order chi connectivity index (χ1) is 5.36. The zero-order valence-corrected chi connectivity index (χ0v) is 11.2. The van der Waals surface area contributed by atoms with Gasteiger partial charge in [0, 0.05) is 0 Å². The molecule has 0 aliphatic carbocycles. The molecule has 0 radical (unpaired) electrons. The van der Waals surface area contributed by atoms with Crippen LogP contribution in [0.5, 0.6) is 0 Å². The van der Waals surface area contributed by atoms with Crippen molar-refractivity contribution in [3.8, 4) is 0 Å². The number of hydrogen-bond acceptors (Lipinski definition) is 0. The van der Waals surface area contributed by atoms with Gasteiger partial charge in [0.05, 0.1) is 0 Å². The van der Waals surface area contributed by atoms with Crippen LogP contribution < -0.4 is 21.1 Å². The van der Waals surface area contributed by atoms with Gasteiger partial charge in [0.25, 0.3) is 0 Å². The molecule has 2 rings (SSSR count). The van der Waals surface area contributed by atoms with Crippen LogP contribution >= 0.6 is 0 Å². The van der Waals surface area contributed by atoms with Crippen LogP contribution in [-0.4, -0.2) is 0 Å². The second-order valence-electron chi connectivity index (χ2n) is 2.68. The fourth-order valence-electron chi connectivity index (χ4n) is 1.24. The Morgan fingerprint density at radius 3 is 2.25 bits per heavy atom.